The van der Waals surface area contributed by atoms with Crippen molar-refractivity contribution in [3.05, 3.63) is 47.5 Å². The molecule has 26 heavy (non-hydrogen) atoms. The Hall–Kier alpha value is -2.24. The number of hydrogen-bond donors (Lipinski definition) is 0. The molecule has 0 aliphatic carbocycles. The van der Waals surface area contributed by atoms with E-state index < -0.39 is 0 Å². The molecule has 0 N–H and O–H groups in total. The van der Waals surface area contributed by atoms with Gasteiger partial charge in [0, 0.05) is 20.3 Å². The molecule has 0 aliphatic heterocycles. The minimum absolute atomic E-state index is 0.188. The molecule has 0 heterocycles. The molecule has 0 saturated carbocycles. The van der Waals surface area contributed by atoms with Gasteiger partial charge in [0.25, 0.3) is 0 Å². The maximum absolute atomic E-state index is 5.89. The van der Waals surface area contributed by atoms with Crippen LogP contribution in [0.2, 0.25) is 0 Å². The second-order valence-corrected chi connectivity index (χ2v) is 6.41. The number of anilines is 2. The molecule has 5 heteroatoms. The van der Waals surface area contributed by atoms with Crippen molar-refractivity contribution < 1.29 is 18.9 Å². The maximum Gasteiger partial charge on any atom is 0.188 e. The standard InChI is InChI=1S/C21H29NO4/c1-15(2)22(18-11-7-9-16(3)20(18)25-13-23-5)19-12-8-10-17(4)21(19)26-14-24-6/h7-12,15H,13-14H2,1-6H3. The molecule has 2 aromatic carbocycles. The topological polar surface area (TPSA) is 40.2 Å². The Balaban J connectivity index is 2.58. The van der Waals surface area contributed by atoms with Crippen molar-refractivity contribution in [2.45, 2.75) is 33.7 Å². The van der Waals surface area contributed by atoms with Gasteiger partial charge < -0.3 is 23.8 Å². The van der Waals surface area contributed by atoms with Crippen LogP contribution in [0.3, 0.4) is 0 Å². The van der Waals surface area contributed by atoms with E-state index in [1.165, 1.54) is 0 Å². The summed E-state index contributed by atoms with van der Waals surface area (Å²) in [6, 6.07) is 12.4. The highest BCUT2D eigenvalue weighted by atomic mass is 16.7. The van der Waals surface area contributed by atoms with E-state index in [9.17, 15) is 0 Å². The van der Waals surface area contributed by atoms with Gasteiger partial charge in [-0.15, -0.1) is 0 Å². The van der Waals surface area contributed by atoms with E-state index in [1.54, 1.807) is 14.2 Å². The monoisotopic (exact) mass is 359 g/mol. The first-order chi connectivity index (χ1) is 12.5. The summed E-state index contributed by atoms with van der Waals surface area (Å²) in [5.74, 6) is 1.62. The van der Waals surface area contributed by atoms with Crippen LogP contribution in [-0.2, 0) is 9.47 Å². The molecule has 0 saturated heterocycles. The van der Waals surface area contributed by atoms with E-state index in [0.717, 1.165) is 34.0 Å². The second-order valence-electron chi connectivity index (χ2n) is 6.41. The van der Waals surface area contributed by atoms with Gasteiger partial charge in [-0.25, -0.2) is 0 Å². The van der Waals surface area contributed by atoms with Crippen LogP contribution in [0, 0.1) is 13.8 Å². The van der Waals surface area contributed by atoms with Gasteiger partial charge >= 0.3 is 0 Å². The lowest BCUT2D eigenvalue weighted by Gasteiger charge is -2.33. The van der Waals surface area contributed by atoms with Crippen LogP contribution in [-0.4, -0.2) is 33.8 Å². The third-order valence-corrected chi connectivity index (χ3v) is 4.06. The quantitative estimate of drug-likeness (QED) is 0.601. The third-order valence-electron chi connectivity index (χ3n) is 4.06. The summed E-state index contributed by atoms with van der Waals surface area (Å²) in [6.07, 6.45) is 0. The number of ether oxygens (including phenoxy) is 4. The van der Waals surface area contributed by atoms with Crippen molar-refractivity contribution in [2.75, 3.05) is 32.7 Å². The largest absolute Gasteiger partial charge is 0.465 e. The lowest BCUT2D eigenvalue weighted by atomic mass is 10.1. The van der Waals surface area contributed by atoms with E-state index in [0.29, 0.717) is 0 Å². The van der Waals surface area contributed by atoms with Crippen LogP contribution >= 0.6 is 0 Å². The predicted molar refractivity (Wildman–Crippen MR) is 105 cm³/mol. The Morgan fingerprint density at radius 1 is 0.769 bits per heavy atom. The van der Waals surface area contributed by atoms with Gasteiger partial charge in [0.05, 0.1) is 11.4 Å². The third kappa shape index (κ3) is 4.48. The SMILES string of the molecule is COCOc1c(C)cccc1N(c1cccc(C)c1OCOC)C(C)C. The number of nitrogens with zero attached hydrogens (tertiary/aromatic N) is 1. The highest BCUT2D eigenvalue weighted by Gasteiger charge is 2.23. The zero-order valence-electron chi connectivity index (χ0n) is 16.5. The minimum Gasteiger partial charge on any atom is -0.465 e. The molecule has 2 rings (SSSR count). The highest BCUT2D eigenvalue weighted by Crippen LogP contribution is 2.42. The number of aryl methyl sites for hydroxylation is 2. The van der Waals surface area contributed by atoms with Crippen molar-refractivity contribution in [1.82, 2.24) is 0 Å². The summed E-state index contributed by atoms with van der Waals surface area (Å²) in [5.41, 5.74) is 4.06. The Kier molecular flexibility index (Phi) is 7.30. The molecule has 0 atom stereocenters. The van der Waals surface area contributed by atoms with Gasteiger partial charge in [-0.3, -0.25) is 0 Å². The van der Waals surface area contributed by atoms with Gasteiger partial charge in [0.2, 0.25) is 0 Å². The first kappa shape index (κ1) is 20.1. The molecule has 2 aromatic rings. The number of methoxy groups -OCH3 is 2. The molecule has 0 radical (unpaired) electrons. The molecule has 142 valence electrons. The Bertz CT molecular complexity index is 658. The summed E-state index contributed by atoms with van der Waals surface area (Å²) in [7, 11) is 3.24. The molecule has 0 spiro atoms. The van der Waals surface area contributed by atoms with Gasteiger partial charge in [-0.1, -0.05) is 24.3 Å². The lowest BCUT2D eigenvalue weighted by Crippen LogP contribution is -2.27. The van der Waals surface area contributed by atoms with Crippen molar-refractivity contribution in [2.24, 2.45) is 0 Å². The molecule has 0 amide bonds. The number of benzene rings is 2. The van der Waals surface area contributed by atoms with Crippen molar-refractivity contribution in [1.29, 1.82) is 0 Å². The summed E-state index contributed by atoms with van der Waals surface area (Å²) in [4.78, 5) is 2.22. The fraction of sp³-hybridized carbons (Fsp3) is 0.429. The van der Waals surface area contributed by atoms with Crippen LogP contribution in [0.1, 0.15) is 25.0 Å². The molecular weight excluding hydrogens is 330 g/mol. The summed E-state index contributed by atoms with van der Waals surface area (Å²) < 4.78 is 22.0. The fourth-order valence-corrected chi connectivity index (χ4v) is 2.95. The van der Waals surface area contributed by atoms with Crippen molar-refractivity contribution in [3.63, 3.8) is 0 Å². The van der Waals surface area contributed by atoms with Crippen LogP contribution in [0.15, 0.2) is 36.4 Å². The second kappa shape index (κ2) is 9.46. The zero-order valence-corrected chi connectivity index (χ0v) is 16.5. The first-order valence-electron chi connectivity index (χ1n) is 8.73. The van der Waals surface area contributed by atoms with Crippen LogP contribution < -0.4 is 14.4 Å². The van der Waals surface area contributed by atoms with E-state index >= 15 is 0 Å². The average molecular weight is 359 g/mol. The van der Waals surface area contributed by atoms with Crippen LogP contribution in [0.5, 0.6) is 11.5 Å². The summed E-state index contributed by atoms with van der Waals surface area (Å²) in [5, 5.41) is 0. The van der Waals surface area contributed by atoms with Gasteiger partial charge in [-0.2, -0.15) is 0 Å². The van der Waals surface area contributed by atoms with E-state index in [1.807, 2.05) is 38.1 Å². The van der Waals surface area contributed by atoms with Crippen LogP contribution in [0.25, 0.3) is 0 Å². The number of para-hydroxylation sites is 2. The Morgan fingerprint density at radius 2 is 1.19 bits per heavy atom. The van der Waals surface area contributed by atoms with Gasteiger partial charge in [0.15, 0.2) is 13.6 Å². The maximum atomic E-state index is 5.89. The fourth-order valence-electron chi connectivity index (χ4n) is 2.95. The molecular formula is C21H29NO4. The number of hydrogen-bond acceptors (Lipinski definition) is 5. The molecule has 0 unspecified atom stereocenters. The first-order valence-corrected chi connectivity index (χ1v) is 8.73. The van der Waals surface area contributed by atoms with Crippen molar-refractivity contribution >= 4 is 11.4 Å². The summed E-state index contributed by atoms with van der Waals surface area (Å²) in [6.45, 7) is 8.75. The Morgan fingerprint density at radius 3 is 1.54 bits per heavy atom. The molecule has 0 fully saturated rings. The van der Waals surface area contributed by atoms with Gasteiger partial charge in [0.1, 0.15) is 11.5 Å². The Labute approximate surface area is 156 Å². The minimum atomic E-state index is 0.188. The molecule has 0 aromatic heterocycles. The molecule has 0 bridgehead atoms. The smallest absolute Gasteiger partial charge is 0.188 e. The van der Waals surface area contributed by atoms with E-state index in [4.69, 9.17) is 18.9 Å². The van der Waals surface area contributed by atoms with Crippen LogP contribution in [0.4, 0.5) is 11.4 Å². The summed E-state index contributed by atoms with van der Waals surface area (Å²) >= 11 is 0. The van der Waals surface area contributed by atoms with E-state index in [-0.39, 0.29) is 19.6 Å². The van der Waals surface area contributed by atoms with Crippen molar-refractivity contribution in [3.8, 4) is 11.5 Å². The van der Waals surface area contributed by atoms with E-state index in [2.05, 4.69) is 30.9 Å². The molecule has 5 nitrogen and oxygen atoms in total. The average Bonchev–Trinajstić information content (AvgIpc) is 2.60. The lowest BCUT2D eigenvalue weighted by molar-refractivity contribution is 0.0504. The number of rotatable bonds is 9. The normalized spacial score (nSPS) is 10.9. The molecule has 0 aliphatic rings. The highest BCUT2D eigenvalue weighted by molar-refractivity contribution is 5.76. The van der Waals surface area contributed by atoms with Gasteiger partial charge in [-0.05, 0) is 51.0 Å². The zero-order chi connectivity index (χ0) is 19.1. The predicted octanol–water partition coefficient (Wildman–Crippen LogP) is 4.82.